The molecule has 2 aliphatic rings. The van der Waals surface area contributed by atoms with Crippen LogP contribution in [0.3, 0.4) is 0 Å². The monoisotopic (exact) mass is 533 g/mol. The maximum atomic E-state index is 13.2. The van der Waals surface area contributed by atoms with Crippen LogP contribution in [0.25, 0.3) is 10.2 Å². The molecule has 0 saturated carbocycles. The van der Waals surface area contributed by atoms with Gasteiger partial charge >= 0.3 is 5.97 Å². The fraction of sp³-hybridized carbons (Fsp3) is 0.679. The second kappa shape index (κ2) is 10.3. The molecule has 3 N–H and O–H groups in total. The van der Waals surface area contributed by atoms with Crippen molar-refractivity contribution in [2.45, 2.75) is 103 Å². The van der Waals surface area contributed by atoms with E-state index in [4.69, 9.17) is 9.47 Å². The van der Waals surface area contributed by atoms with Crippen LogP contribution < -0.4 is 0 Å². The SMILES string of the molecule is CC1CCCC2(C)OC2(O)C(O)C(c2ccc3sc(CO)nc3c2)OC(=O)CCC(C)(C)C(=O)C(C)C1. The van der Waals surface area contributed by atoms with Crippen molar-refractivity contribution >= 4 is 33.3 Å². The van der Waals surface area contributed by atoms with Crippen LogP contribution in [-0.2, 0) is 25.7 Å². The molecule has 2 fully saturated rings. The number of aromatic nitrogens is 1. The van der Waals surface area contributed by atoms with Crippen molar-refractivity contribution in [1.29, 1.82) is 0 Å². The van der Waals surface area contributed by atoms with Gasteiger partial charge in [-0.2, -0.15) is 0 Å². The molecular weight excluding hydrogens is 494 g/mol. The highest BCUT2D eigenvalue weighted by atomic mass is 32.1. The van der Waals surface area contributed by atoms with Gasteiger partial charge in [0, 0.05) is 17.8 Å². The van der Waals surface area contributed by atoms with E-state index in [1.807, 2.05) is 20.8 Å². The number of benzene rings is 1. The minimum atomic E-state index is -1.87. The summed E-state index contributed by atoms with van der Waals surface area (Å²) in [7, 11) is 0. The summed E-state index contributed by atoms with van der Waals surface area (Å²) >= 11 is 1.35. The largest absolute Gasteiger partial charge is 0.454 e. The lowest BCUT2D eigenvalue weighted by Crippen LogP contribution is -2.42. The van der Waals surface area contributed by atoms with Gasteiger partial charge in [-0.25, -0.2) is 4.98 Å². The number of ketones is 1. The molecule has 9 heteroatoms. The number of epoxide rings is 1. The fourth-order valence-corrected chi connectivity index (χ4v) is 6.51. The first kappa shape index (κ1) is 28.1. The Morgan fingerprint density at radius 1 is 1.16 bits per heavy atom. The van der Waals surface area contributed by atoms with Crippen LogP contribution in [0, 0.1) is 17.3 Å². The normalized spacial score (nSPS) is 35.7. The second-order valence-electron chi connectivity index (χ2n) is 11.8. The van der Waals surface area contributed by atoms with Crippen molar-refractivity contribution in [2.24, 2.45) is 17.3 Å². The molecule has 2 saturated heterocycles. The Labute approximate surface area is 222 Å². The second-order valence-corrected chi connectivity index (χ2v) is 12.9. The zero-order chi connectivity index (χ0) is 27.2. The molecular formula is C28H39NO7S. The topological polar surface area (TPSA) is 129 Å². The molecule has 0 aliphatic carbocycles. The van der Waals surface area contributed by atoms with Crippen LogP contribution in [0.1, 0.15) is 89.8 Å². The van der Waals surface area contributed by atoms with Gasteiger partial charge in [-0.15, -0.1) is 11.3 Å². The van der Waals surface area contributed by atoms with E-state index >= 15 is 0 Å². The van der Waals surface area contributed by atoms with Crippen LogP contribution >= 0.6 is 11.3 Å². The number of Topliss-reactive ketones (excluding diaryl/α,β-unsaturated/α-hetero) is 1. The van der Waals surface area contributed by atoms with Gasteiger partial charge in [0.15, 0.2) is 12.2 Å². The van der Waals surface area contributed by atoms with Crippen molar-refractivity contribution in [3.8, 4) is 0 Å². The summed E-state index contributed by atoms with van der Waals surface area (Å²) in [5, 5.41) is 32.7. The third-order valence-electron chi connectivity index (χ3n) is 8.14. The predicted octanol–water partition coefficient (Wildman–Crippen LogP) is 4.43. The van der Waals surface area contributed by atoms with Crippen LogP contribution in [0.5, 0.6) is 0 Å². The Hall–Kier alpha value is -1.91. The predicted molar refractivity (Wildman–Crippen MR) is 140 cm³/mol. The molecule has 2 aromatic rings. The van der Waals surface area contributed by atoms with Crippen molar-refractivity contribution < 1.29 is 34.4 Å². The molecule has 37 heavy (non-hydrogen) atoms. The van der Waals surface area contributed by atoms with E-state index in [9.17, 15) is 24.9 Å². The Balaban J connectivity index is 1.66. The van der Waals surface area contributed by atoms with Crippen molar-refractivity contribution in [3.05, 3.63) is 28.8 Å². The first-order valence-electron chi connectivity index (χ1n) is 13.1. The van der Waals surface area contributed by atoms with Gasteiger partial charge in [-0.05, 0) is 49.8 Å². The lowest BCUT2D eigenvalue weighted by molar-refractivity contribution is -0.171. The van der Waals surface area contributed by atoms with Crippen molar-refractivity contribution in [2.75, 3.05) is 0 Å². The molecule has 2 aliphatic heterocycles. The standard InChI is InChI=1S/C28H39NO7S/c1-16-7-6-11-27(5)28(34,36-27)25(33)23(18-8-9-20-19(14-18)29-21(15-30)37-20)35-22(31)10-12-26(3,4)24(32)17(2)13-16/h8-9,14,16-17,23,25,30,33-34H,6-7,10-13,15H2,1-5H3. The molecule has 3 heterocycles. The molecule has 0 amide bonds. The highest BCUT2D eigenvalue weighted by Crippen LogP contribution is 2.54. The average Bonchev–Trinajstić information content (AvgIpc) is 3.19. The number of hydrogen-bond acceptors (Lipinski definition) is 9. The molecule has 1 aromatic heterocycles. The lowest BCUT2D eigenvalue weighted by Gasteiger charge is -2.30. The van der Waals surface area contributed by atoms with E-state index in [-0.39, 0.29) is 24.7 Å². The number of fused-ring (bicyclic) bond motifs is 2. The van der Waals surface area contributed by atoms with E-state index in [0.717, 1.165) is 24.0 Å². The summed E-state index contributed by atoms with van der Waals surface area (Å²) < 4.78 is 12.4. The van der Waals surface area contributed by atoms with E-state index in [0.29, 0.717) is 34.8 Å². The summed E-state index contributed by atoms with van der Waals surface area (Å²) in [5.41, 5.74) is -0.609. The molecule has 6 atom stereocenters. The lowest BCUT2D eigenvalue weighted by atomic mass is 9.75. The van der Waals surface area contributed by atoms with Gasteiger partial charge in [0.1, 0.15) is 16.4 Å². The van der Waals surface area contributed by atoms with Crippen molar-refractivity contribution in [3.63, 3.8) is 0 Å². The van der Waals surface area contributed by atoms with E-state index in [1.54, 1.807) is 25.1 Å². The number of nitrogens with zero attached hydrogens (tertiary/aromatic N) is 1. The van der Waals surface area contributed by atoms with Crippen LogP contribution in [-0.4, -0.2) is 49.5 Å². The van der Waals surface area contributed by atoms with E-state index < -0.39 is 35.0 Å². The fourth-order valence-electron chi connectivity index (χ4n) is 5.70. The summed E-state index contributed by atoms with van der Waals surface area (Å²) in [5.74, 6) is -2.11. The molecule has 0 spiro atoms. The van der Waals surface area contributed by atoms with Gasteiger partial charge in [-0.1, -0.05) is 46.6 Å². The number of ether oxygens (including phenoxy) is 2. The molecule has 6 unspecified atom stereocenters. The van der Waals surface area contributed by atoms with Gasteiger partial charge in [-0.3, -0.25) is 9.59 Å². The number of carbonyl (C=O) groups is 2. The van der Waals surface area contributed by atoms with Gasteiger partial charge < -0.3 is 24.8 Å². The number of thiazole rings is 1. The number of esters is 1. The van der Waals surface area contributed by atoms with Crippen LogP contribution in [0.4, 0.5) is 0 Å². The quantitative estimate of drug-likeness (QED) is 0.382. The summed E-state index contributed by atoms with van der Waals surface area (Å²) in [6.07, 6.45) is 0.485. The molecule has 8 nitrogen and oxygen atoms in total. The molecule has 204 valence electrons. The third-order valence-corrected chi connectivity index (χ3v) is 9.16. The number of rotatable bonds is 2. The first-order valence-corrected chi connectivity index (χ1v) is 14.0. The molecule has 0 radical (unpaired) electrons. The Kier molecular flexibility index (Phi) is 7.85. The van der Waals surface area contributed by atoms with E-state index in [2.05, 4.69) is 11.9 Å². The zero-order valence-corrected chi connectivity index (χ0v) is 23.1. The maximum Gasteiger partial charge on any atom is 0.306 e. The third kappa shape index (κ3) is 5.61. The smallest absolute Gasteiger partial charge is 0.306 e. The zero-order valence-electron chi connectivity index (χ0n) is 22.3. The molecule has 0 bridgehead atoms. The van der Waals surface area contributed by atoms with Gasteiger partial charge in [0.25, 0.3) is 0 Å². The van der Waals surface area contributed by atoms with E-state index in [1.165, 1.54) is 11.3 Å². The average molecular weight is 534 g/mol. The van der Waals surface area contributed by atoms with Crippen LogP contribution in [0.2, 0.25) is 0 Å². The Morgan fingerprint density at radius 3 is 2.59 bits per heavy atom. The van der Waals surface area contributed by atoms with Crippen molar-refractivity contribution in [1.82, 2.24) is 4.98 Å². The molecule has 4 rings (SSSR count). The Morgan fingerprint density at radius 2 is 1.89 bits per heavy atom. The highest BCUT2D eigenvalue weighted by molar-refractivity contribution is 7.18. The molecule has 1 aromatic carbocycles. The number of aliphatic hydroxyl groups is 3. The number of aliphatic hydroxyl groups excluding tert-OH is 2. The Bertz CT molecular complexity index is 1160. The van der Waals surface area contributed by atoms with Gasteiger partial charge in [0.05, 0.1) is 16.8 Å². The summed E-state index contributed by atoms with van der Waals surface area (Å²) in [6.45, 7) is 9.37. The van der Waals surface area contributed by atoms with Gasteiger partial charge in [0.2, 0.25) is 5.79 Å². The first-order chi connectivity index (χ1) is 17.3. The summed E-state index contributed by atoms with van der Waals surface area (Å²) in [6, 6.07) is 5.22. The minimum absolute atomic E-state index is 0.00556. The minimum Gasteiger partial charge on any atom is -0.454 e. The maximum absolute atomic E-state index is 13.2. The number of hydrogen-bond donors (Lipinski definition) is 3. The number of carbonyl (C=O) groups excluding carboxylic acids is 2. The van der Waals surface area contributed by atoms with Crippen LogP contribution in [0.15, 0.2) is 18.2 Å². The number of cyclic esters (lactones) is 1. The summed E-state index contributed by atoms with van der Waals surface area (Å²) in [4.78, 5) is 30.6. The highest BCUT2D eigenvalue weighted by Gasteiger charge is 2.71.